The maximum Gasteiger partial charge on any atom is 0.0332 e. The van der Waals surface area contributed by atoms with E-state index < -0.39 is 0 Å². The average Bonchev–Trinajstić information content (AvgIpc) is 2.93. The van der Waals surface area contributed by atoms with Gasteiger partial charge in [-0.05, 0) is 93.4 Å². The Hall–Kier alpha value is -3.94. The predicted octanol–water partition coefficient (Wildman–Crippen LogP) is 10.4. The molecule has 7 aromatic rings. The molecule has 7 rings (SSSR count). The van der Waals surface area contributed by atoms with Crippen molar-refractivity contribution in [3.63, 3.8) is 0 Å². The van der Waals surface area contributed by atoms with Crippen molar-refractivity contribution >= 4 is 59.0 Å². The standard InChI is InChI=1S/C34H21Br/c35-34-30-13-7-6-12-29(30)33(32-21-24(16-19-31(32)34)22-8-2-1-3-9-22)26-17-18-28-25(20-26)15-14-23-10-4-5-11-27(23)28/h1-21H. The van der Waals surface area contributed by atoms with Gasteiger partial charge in [-0.25, -0.2) is 0 Å². The quantitative estimate of drug-likeness (QED) is 0.161. The van der Waals surface area contributed by atoms with E-state index in [2.05, 4.69) is 143 Å². The lowest BCUT2D eigenvalue weighted by molar-refractivity contribution is 1.64. The van der Waals surface area contributed by atoms with Crippen LogP contribution in [0.25, 0.3) is 65.3 Å². The maximum atomic E-state index is 3.94. The molecular weight excluding hydrogens is 488 g/mol. The van der Waals surface area contributed by atoms with Crippen LogP contribution in [0.3, 0.4) is 0 Å². The molecule has 0 heterocycles. The molecule has 0 spiro atoms. The summed E-state index contributed by atoms with van der Waals surface area (Å²) in [7, 11) is 0. The second-order valence-electron chi connectivity index (χ2n) is 9.08. The molecule has 7 aromatic carbocycles. The molecule has 35 heavy (non-hydrogen) atoms. The highest BCUT2D eigenvalue weighted by Crippen LogP contribution is 2.43. The number of benzene rings is 7. The Morgan fingerprint density at radius 1 is 0.343 bits per heavy atom. The number of halogens is 1. The van der Waals surface area contributed by atoms with Crippen LogP contribution in [0, 0.1) is 0 Å². The van der Waals surface area contributed by atoms with Crippen molar-refractivity contribution in [1.82, 2.24) is 0 Å². The highest BCUT2D eigenvalue weighted by molar-refractivity contribution is 9.10. The lowest BCUT2D eigenvalue weighted by Gasteiger charge is -2.16. The molecule has 0 aliphatic rings. The molecule has 0 aliphatic carbocycles. The van der Waals surface area contributed by atoms with E-state index >= 15 is 0 Å². The molecule has 0 atom stereocenters. The van der Waals surface area contributed by atoms with Gasteiger partial charge in [-0.3, -0.25) is 0 Å². The van der Waals surface area contributed by atoms with Crippen LogP contribution < -0.4 is 0 Å². The summed E-state index contributed by atoms with van der Waals surface area (Å²) in [6.45, 7) is 0. The van der Waals surface area contributed by atoms with Gasteiger partial charge in [0.05, 0.1) is 0 Å². The lowest BCUT2D eigenvalue weighted by Crippen LogP contribution is -1.89. The van der Waals surface area contributed by atoms with Crippen LogP contribution in [0.2, 0.25) is 0 Å². The number of rotatable bonds is 2. The molecule has 0 N–H and O–H groups in total. The van der Waals surface area contributed by atoms with E-state index in [-0.39, 0.29) is 0 Å². The van der Waals surface area contributed by atoms with Gasteiger partial charge >= 0.3 is 0 Å². The zero-order valence-electron chi connectivity index (χ0n) is 19.0. The Labute approximate surface area is 212 Å². The van der Waals surface area contributed by atoms with E-state index in [0.717, 1.165) is 4.47 Å². The summed E-state index contributed by atoms with van der Waals surface area (Å²) in [5.41, 5.74) is 4.99. The molecule has 164 valence electrons. The van der Waals surface area contributed by atoms with Gasteiger partial charge in [-0.15, -0.1) is 0 Å². The Balaban J connectivity index is 1.58. The Morgan fingerprint density at radius 2 is 0.943 bits per heavy atom. The van der Waals surface area contributed by atoms with Crippen LogP contribution in [0.15, 0.2) is 132 Å². The molecule has 0 amide bonds. The fourth-order valence-electron chi connectivity index (χ4n) is 5.41. The first kappa shape index (κ1) is 20.4. The first-order valence-corrected chi connectivity index (χ1v) is 12.7. The number of fused-ring (bicyclic) bond motifs is 5. The minimum absolute atomic E-state index is 1.15. The monoisotopic (exact) mass is 508 g/mol. The van der Waals surface area contributed by atoms with Gasteiger partial charge in [0.1, 0.15) is 0 Å². The normalized spacial score (nSPS) is 11.6. The summed E-state index contributed by atoms with van der Waals surface area (Å²) < 4.78 is 1.15. The van der Waals surface area contributed by atoms with Crippen molar-refractivity contribution in [3.8, 4) is 22.3 Å². The fraction of sp³-hybridized carbons (Fsp3) is 0. The van der Waals surface area contributed by atoms with Crippen molar-refractivity contribution in [1.29, 1.82) is 0 Å². The summed E-state index contributed by atoms with van der Waals surface area (Å²) in [5.74, 6) is 0. The van der Waals surface area contributed by atoms with Gasteiger partial charge in [-0.1, -0.05) is 115 Å². The van der Waals surface area contributed by atoms with Gasteiger partial charge in [0.25, 0.3) is 0 Å². The van der Waals surface area contributed by atoms with Crippen LogP contribution in [-0.2, 0) is 0 Å². The molecule has 0 nitrogen and oxygen atoms in total. The second kappa shape index (κ2) is 8.08. The van der Waals surface area contributed by atoms with Crippen LogP contribution in [0.4, 0.5) is 0 Å². The summed E-state index contributed by atoms with van der Waals surface area (Å²) in [5, 5.41) is 10.1. The Bertz CT molecular complexity index is 1900. The van der Waals surface area contributed by atoms with Crippen LogP contribution in [-0.4, -0.2) is 0 Å². The Morgan fingerprint density at radius 3 is 1.80 bits per heavy atom. The van der Waals surface area contributed by atoms with Crippen molar-refractivity contribution in [2.75, 3.05) is 0 Å². The minimum atomic E-state index is 1.15. The van der Waals surface area contributed by atoms with Crippen molar-refractivity contribution in [2.24, 2.45) is 0 Å². The summed E-state index contributed by atoms with van der Waals surface area (Å²) in [4.78, 5) is 0. The Kier molecular flexibility index (Phi) is 4.72. The van der Waals surface area contributed by atoms with Crippen LogP contribution in [0.1, 0.15) is 0 Å². The molecule has 0 unspecified atom stereocenters. The summed E-state index contributed by atoms with van der Waals surface area (Å²) in [6, 6.07) is 46.2. The first-order valence-electron chi connectivity index (χ1n) is 11.9. The molecule has 0 bridgehead atoms. The zero-order chi connectivity index (χ0) is 23.4. The maximum absolute atomic E-state index is 3.94. The van der Waals surface area contributed by atoms with Gasteiger partial charge in [-0.2, -0.15) is 0 Å². The zero-order valence-corrected chi connectivity index (χ0v) is 20.6. The highest BCUT2D eigenvalue weighted by atomic mass is 79.9. The molecule has 0 saturated carbocycles. The van der Waals surface area contributed by atoms with E-state index in [1.807, 2.05) is 0 Å². The smallest absolute Gasteiger partial charge is 0.0332 e. The van der Waals surface area contributed by atoms with E-state index in [1.165, 1.54) is 65.3 Å². The molecule has 0 fully saturated rings. The van der Waals surface area contributed by atoms with Crippen molar-refractivity contribution in [3.05, 3.63) is 132 Å². The minimum Gasteiger partial charge on any atom is -0.0622 e. The second-order valence-corrected chi connectivity index (χ2v) is 9.88. The van der Waals surface area contributed by atoms with E-state index in [9.17, 15) is 0 Å². The molecule has 0 radical (unpaired) electrons. The average molecular weight is 509 g/mol. The van der Waals surface area contributed by atoms with E-state index in [4.69, 9.17) is 0 Å². The molecular formula is C34H21Br. The van der Waals surface area contributed by atoms with Crippen molar-refractivity contribution in [2.45, 2.75) is 0 Å². The number of hydrogen-bond donors (Lipinski definition) is 0. The molecule has 1 heteroatoms. The third-order valence-electron chi connectivity index (χ3n) is 7.10. The molecule has 0 saturated heterocycles. The lowest BCUT2D eigenvalue weighted by atomic mass is 9.89. The predicted molar refractivity (Wildman–Crippen MR) is 155 cm³/mol. The SMILES string of the molecule is Brc1c2ccccc2c(-c2ccc3c(ccc4ccccc43)c2)c2cc(-c3ccccc3)ccc12. The molecule has 0 aromatic heterocycles. The van der Waals surface area contributed by atoms with Gasteiger partial charge in [0.15, 0.2) is 0 Å². The summed E-state index contributed by atoms with van der Waals surface area (Å²) in [6.07, 6.45) is 0. The fourth-order valence-corrected chi connectivity index (χ4v) is 6.11. The largest absolute Gasteiger partial charge is 0.0622 e. The molecule has 0 aliphatic heterocycles. The van der Waals surface area contributed by atoms with Gasteiger partial charge in [0, 0.05) is 4.47 Å². The third-order valence-corrected chi connectivity index (χ3v) is 7.95. The van der Waals surface area contributed by atoms with Crippen LogP contribution >= 0.6 is 15.9 Å². The third kappa shape index (κ3) is 3.27. The van der Waals surface area contributed by atoms with E-state index in [0.29, 0.717) is 0 Å². The first-order chi connectivity index (χ1) is 17.3. The van der Waals surface area contributed by atoms with Crippen molar-refractivity contribution < 1.29 is 0 Å². The van der Waals surface area contributed by atoms with Crippen LogP contribution in [0.5, 0.6) is 0 Å². The highest BCUT2D eigenvalue weighted by Gasteiger charge is 2.15. The van der Waals surface area contributed by atoms with E-state index in [1.54, 1.807) is 0 Å². The van der Waals surface area contributed by atoms with Gasteiger partial charge in [0.2, 0.25) is 0 Å². The topological polar surface area (TPSA) is 0 Å². The summed E-state index contributed by atoms with van der Waals surface area (Å²) >= 11 is 3.94. The number of hydrogen-bond acceptors (Lipinski definition) is 0. The van der Waals surface area contributed by atoms with Gasteiger partial charge < -0.3 is 0 Å².